The van der Waals surface area contributed by atoms with E-state index in [0.717, 1.165) is 18.7 Å². The summed E-state index contributed by atoms with van der Waals surface area (Å²) in [4.78, 5) is 40.5. The Kier molecular flexibility index (Phi) is 3.41. The molecule has 3 aromatic rings. The molecule has 0 N–H and O–H groups in total. The van der Waals surface area contributed by atoms with Crippen LogP contribution in [0.4, 0.5) is 0 Å². The van der Waals surface area contributed by atoms with Crippen molar-refractivity contribution in [2.45, 2.75) is 6.54 Å². The first-order chi connectivity index (χ1) is 12.7. The number of carbonyl (C=O) groups excluding carboxylic acids is 1. The Morgan fingerprint density at radius 2 is 2.00 bits per heavy atom. The number of aromatic nitrogens is 4. The number of hydrogen-bond donors (Lipinski definition) is 0. The van der Waals surface area contributed by atoms with Gasteiger partial charge < -0.3 is 4.74 Å². The molecular formula is C18H15N5O3. The molecule has 5 heterocycles. The first-order valence-corrected chi connectivity index (χ1v) is 8.43. The Hall–Kier alpha value is -2.97. The van der Waals surface area contributed by atoms with Crippen molar-refractivity contribution in [3.8, 4) is 5.69 Å². The first-order valence-electron chi connectivity index (χ1n) is 8.43. The summed E-state index contributed by atoms with van der Waals surface area (Å²) in [6.45, 7) is 3.84. The summed E-state index contributed by atoms with van der Waals surface area (Å²) in [6.07, 6.45) is 4.74. The first kappa shape index (κ1) is 15.3. The lowest BCUT2D eigenvalue weighted by atomic mass is 10.2. The molecule has 2 aliphatic heterocycles. The number of pyridine rings is 2. The monoisotopic (exact) mass is 349 g/mol. The zero-order chi connectivity index (χ0) is 17.7. The van der Waals surface area contributed by atoms with E-state index < -0.39 is 0 Å². The van der Waals surface area contributed by atoms with Crippen LogP contribution in [0.15, 0.2) is 35.5 Å². The summed E-state index contributed by atoms with van der Waals surface area (Å²) in [6, 6.07) is 3.48. The fourth-order valence-corrected chi connectivity index (χ4v) is 3.47. The molecule has 0 amide bonds. The van der Waals surface area contributed by atoms with E-state index in [9.17, 15) is 9.59 Å². The number of ether oxygens (including phenoxy) is 1. The largest absolute Gasteiger partial charge is 0.379 e. The van der Waals surface area contributed by atoms with Crippen molar-refractivity contribution < 1.29 is 9.53 Å². The van der Waals surface area contributed by atoms with E-state index in [-0.39, 0.29) is 17.2 Å². The zero-order valence-corrected chi connectivity index (χ0v) is 13.9. The number of ketones is 1. The van der Waals surface area contributed by atoms with Crippen molar-refractivity contribution in [2.75, 3.05) is 26.3 Å². The predicted molar refractivity (Wildman–Crippen MR) is 92.5 cm³/mol. The van der Waals surface area contributed by atoms with Gasteiger partial charge in [0.2, 0.25) is 5.78 Å². The summed E-state index contributed by atoms with van der Waals surface area (Å²) in [7, 11) is 0. The lowest BCUT2D eigenvalue weighted by Gasteiger charge is -2.26. The van der Waals surface area contributed by atoms with Crippen LogP contribution in [0, 0.1) is 0 Å². The van der Waals surface area contributed by atoms with E-state index in [2.05, 4.69) is 19.9 Å². The minimum Gasteiger partial charge on any atom is -0.379 e. The molecule has 130 valence electrons. The van der Waals surface area contributed by atoms with Crippen molar-refractivity contribution in [3.05, 3.63) is 58.0 Å². The molecule has 8 nitrogen and oxygen atoms in total. The third kappa shape index (κ3) is 2.27. The van der Waals surface area contributed by atoms with E-state index in [0.29, 0.717) is 42.0 Å². The molecule has 0 bridgehead atoms. The molecule has 1 saturated heterocycles. The van der Waals surface area contributed by atoms with E-state index >= 15 is 0 Å². The predicted octanol–water partition coefficient (Wildman–Crippen LogP) is 0.552. The van der Waals surface area contributed by atoms with Gasteiger partial charge in [-0.1, -0.05) is 0 Å². The molecule has 0 saturated carbocycles. The number of carbonyl (C=O) groups is 1. The standard InChI is InChI=1S/C18H15N5O3/c24-15-13-9-19-2-1-14(13)23-17(15)21-16-12(18(23)25)7-11(8-20-16)10-22-3-5-26-6-4-22/h1-2,7-9H,3-6,10H2. The van der Waals surface area contributed by atoms with Gasteiger partial charge in [0, 0.05) is 38.2 Å². The van der Waals surface area contributed by atoms with Gasteiger partial charge in [0.1, 0.15) is 0 Å². The van der Waals surface area contributed by atoms with E-state index in [1.54, 1.807) is 18.5 Å². The molecule has 0 atom stereocenters. The number of fused-ring (bicyclic) bond motifs is 4. The quantitative estimate of drug-likeness (QED) is 0.522. The van der Waals surface area contributed by atoms with Gasteiger partial charge in [-0.2, -0.15) is 0 Å². The fraction of sp³-hybridized carbons (Fsp3) is 0.278. The molecule has 0 radical (unpaired) electrons. The van der Waals surface area contributed by atoms with Gasteiger partial charge >= 0.3 is 0 Å². The van der Waals surface area contributed by atoms with Gasteiger partial charge in [0.05, 0.1) is 29.9 Å². The van der Waals surface area contributed by atoms with Crippen LogP contribution in [0.1, 0.15) is 21.7 Å². The number of hydrogen-bond acceptors (Lipinski definition) is 7. The van der Waals surface area contributed by atoms with Crippen molar-refractivity contribution in [3.63, 3.8) is 0 Å². The van der Waals surface area contributed by atoms with Crippen molar-refractivity contribution in [1.82, 2.24) is 24.4 Å². The normalized spacial score (nSPS) is 16.7. The molecule has 26 heavy (non-hydrogen) atoms. The van der Waals surface area contributed by atoms with Gasteiger partial charge in [0.15, 0.2) is 11.5 Å². The average Bonchev–Trinajstić information content (AvgIpc) is 2.96. The lowest BCUT2D eigenvalue weighted by Crippen LogP contribution is -2.35. The van der Waals surface area contributed by atoms with E-state index in [1.807, 2.05) is 6.07 Å². The zero-order valence-electron chi connectivity index (χ0n) is 13.9. The maximum absolute atomic E-state index is 13.0. The molecule has 0 aliphatic carbocycles. The Labute approximate surface area is 148 Å². The highest BCUT2D eigenvalue weighted by Gasteiger charge is 2.30. The van der Waals surface area contributed by atoms with Crippen LogP contribution in [0.3, 0.4) is 0 Å². The fourth-order valence-electron chi connectivity index (χ4n) is 3.47. The summed E-state index contributed by atoms with van der Waals surface area (Å²) < 4.78 is 6.73. The van der Waals surface area contributed by atoms with Crippen LogP contribution in [0.5, 0.6) is 0 Å². The topological polar surface area (TPSA) is 90.2 Å². The third-order valence-corrected chi connectivity index (χ3v) is 4.78. The van der Waals surface area contributed by atoms with E-state index in [1.165, 1.54) is 10.8 Å². The second-order valence-electron chi connectivity index (χ2n) is 6.40. The highest BCUT2D eigenvalue weighted by Crippen LogP contribution is 2.25. The van der Waals surface area contributed by atoms with Gasteiger partial charge in [-0.15, -0.1) is 0 Å². The Bertz CT molecular complexity index is 1100. The van der Waals surface area contributed by atoms with Crippen LogP contribution < -0.4 is 5.56 Å². The van der Waals surface area contributed by atoms with E-state index in [4.69, 9.17) is 4.74 Å². The van der Waals surface area contributed by atoms with Crippen LogP contribution >= 0.6 is 0 Å². The summed E-state index contributed by atoms with van der Waals surface area (Å²) >= 11 is 0. The van der Waals surface area contributed by atoms with Gasteiger partial charge in [-0.05, 0) is 17.7 Å². The molecule has 8 heteroatoms. The molecule has 0 unspecified atom stereocenters. The number of rotatable bonds is 2. The van der Waals surface area contributed by atoms with Gasteiger partial charge in [-0.25, -0.2) is 9.97 Å². The number of nitrogens with zero attached hydrogens (tertiary/aromatic N) is 5. The molecule has 3 aromatic heterocycles. The van der Waals surface area contributed by atoms with Crippen LogP contribution in [-0.4, -0.2) is 56.5 Å². The highest BCUT2D eigenvalue weighted by atomic mass is 16.5. The van der Waals surface area contributed by atoms with Gasteiger partial charge in [0.25, 0.3) is 5.56 Å². The molecule has 0 spiro atoms. The molecule has 1 fully saturated rings. The lowest BCUT2D eigenvalue weighted by molar-refractivity contribution is 0.0341. The highest BCUT2D eigenvalue weighted by molar-refractivity contribution is 6.13. The summed E-state index contributed by atoms with van der Waals surface area (Å²) in [5, 5.41) is 0.414. The Morgan fingerprint density at radius 3 is 2.85 bits per heavy atom. The summed E-state index contributed by atoms with van der Waals surface area (Å²) in [5.41, 5.74) is 1.87. The summed E-state index contributed by atoms with van der Waals surface area (Å²) in [5.74, 6) is -0.203. The third-order valence-electron chi connectivity index (χ3n) is 4.78. The minimum absolute atomic E-state index is 0.0962. The smallest absolute Gasteiger partial charge is 0.268 e. The van der Waals surface area contributed by atoms with Crippen molar-refractivity contribution in [1.29, 1.82) is 0 Å². The minimum atomic E-state index is -0.300. The Morgan fingerprint density at radius 1 is 1.15 bits per heavy atom. The molecular weight excluding hydrogens is 334 g/mol. The molecule has 5 rings (SSSR count). The van der Waals surface area contributed by atoms with Gasteiger partial charge in [-0.3, -0.25) is 24.0 Å². The SMILES string of the molecule is O=C1c2cnccc2-n2c1nc1ncc(CN3CCOCC3)cc1c2=O. The molecule has 2 aliphatic rings. The second kappa shape index (κ2) is 5.79. The molecule has 0 aromatic carbocycles. The van der Waals surface area contributed by atoms with Crippen molar-refractivity contribution >= 4 is 16.8 Å². The van der Waals surface area contributed by atoms with Crippen molar-refractivity contribution in [2.24, 2.45) is 0 Å². The number of morpholine rings is 1. The van der Waals surface area contributed by atoms with Crippen LogP contribution in [0.25, 0.3) is 16.7 Å². The van der Waals surface area contributed by atoms with Crippen LogP contribution in [0.2, 0.25) is 0 Å². The maximum Gasteiger partial charge on any atom is 0.268 e. The second-order valence-corrected chi connectivity index (χ2v) is 6.40. The maximum atomic E-state index is 13.0. The average molecular weight is 349 g/mol. The Balaban J connectivity index is 1.63. The van der Waals surface area contributed by atoms with Crippen LogP contribution in [-0.2, 0) is 11.3 Å².